The van der Waals surface area contributed by atoms with Gasteiger partial charge in [0.05, 0.1) is 12.8 Å². The average Bonchev–Trinajstić information content (AvgIpc) is 2.87. The number of nitrogens with zero attached hydrogens (tertiary/aromatic N) is 3. The molecule has 1 fully saturated rings. The minimum atomic E-state index is -0.597. The van der Waals surface area contributed by atoms with Gasteiger partial charge in [-0.25, -0.2) is 9.48 Å². The Hall–Kier alpha value is -1.92. The first-order valence-electron chi connectivity index (χ1n) is 8.53. The molecule has 1 aromatic heterocycles. The van der Waals surface area contributed by atoms with Crippen molar-refractivity contribution in [2.24, 2.45) is 5.92 Å². The molecule has 2 rings (SSSR count). The number of hydrogen-bond donors (Lipinski definition) is 1. The summed E-state index contributed by atoms with van der Waals surface area (Å²) in [5.41, 5.74) is 0.371. The molecule has 0 saturated heterocycles. The Balaban J connectivity index is 2.13. The molecule has 1 N–H and O–H groups in total. The molecule has 0 aromatic carbocycles. The summed E-state index contributed by atoms with van der Waals surface area (Å²) in [4.78, 5) is 24.9. The van der Waals surface area contributed by atoms with E-state index in [0.717, 1.165) is 25.7 Å². The van der Waals surface area contributed by atoms with Gasteiger partial charge in [-0.15, -0.1) is 5.10 Å². The molecule has 1 aliphatic rings. The van der Waals surface area contributed by atoms with Gasteiger partial charge in [-0.3, -0.25) is 4.79 Å². The molecule has 1 amide bonds. The summed E-state index contributed by atoms with van der Waals surface area (Å²) >= 11 is 0. The summed E-state index contributed by atoms with van der Waals surface area (Å²) in [5.74, 6) is -0.533. The van der Waals surface area contributed by atoms with Crippen LogP contribution in [0.3, 0.4) is 0 Å². The SMILES string of the molecule is CCOC(=O)C(NC(=O)c1cnnn1CC)C1CCCCCC1. The Kier molecular flexibility index (Phi) is 6.55. The van der Waals surface area contributed by atoms with Crippen LogP contribution < -0.4 is 5.32 Å². The first-order chi connectivity index (χ1) is 11.2. The van der Waals surface area contributed by atoms with Crippen molar-refractivity contribution in [3.05, 3.63) is 11.9 Å². The minimum absolute atomic E-state index is 0.131. The molecule has 1 atom stereocenters. The van der Waals surface area contributed by atoms with Gasteiger partial charge in [-0.05, 0) is 32.6 Å². The van der Waals surface area contributed by atoms with Gasteiger partial charge in [0.25, 0.3) is 5.91 Å². The normalized spacial score (nSPS) is 17.3. The number of carbonyl (C=O) groups excluding carboxylic acids is 2. The highest BCUT2D eigenvalue weighted by Crippen LogP contribution is 2.26. The highest BCUT2D eigenvalue weighted by molar-refractivity contribution is 5.95. The van der Waals surface area contributed by atoms with E-state index in [-0.39, 0.29) is 17.8 Å². The average molecular weight is 322 g/mol. The molecule has 1 saturated carbocycles. The lowest BCUT2D eigenvalue weighted by molar-refractivity contribution is -0.147. The van der Waals surface area contributed by atoms with Crippen LogP contribution in [0.15, 0.2) is 6.20 Å². The maximum atomic E-state index is 12.5. The standard InChI is InChI=1S/C16H26N4O3/c1-3-20-13(11-17-19-20)15(21)18-14(16(22)23-4-2)12-9-7-5-6-8-10-12/h11-12,14H,3-10H2,1-2H3,(H,18,21). The van der Waals surface area contributed by atoms with Crippen molar-refractivity contribution >= 4 is 11.9 Å². The number of hydrogen-bond acceptors (Lipinski definition) is 5. The van der Waals surface area contributed by atoms with Crippen molar-refractivity contribution in [1.29, 1.82) is 0 Å². The third-order valence-electron chi connectivity index (χ3n) is 4.35. The monoisotopic (exact) mass is 322 g/mol. The van der Waals surface area contributed by atoms with E-state index in [2.05, 4.69) is 15.6 Å². The zero-order valence-electron chi connectivity index (χ0n) is 14.0. The molecule has 0 radical (unpaired) electrons. The van der Waals surface area contributed by atoms with Gasteiger partial charge in [0.2, 0.25) is 0 Å². The van der Waals surface area contributed by atoms with Crippen LogP contribution in [0.5, 0.6) is 0 Å². The van der Waals surface area contributed by atoms with Gasteiger partial charge in [-0.2, -0.15) is 0 Å². The third-order valence-corrected chi connectivity index (χ3v) is 4.35. The molecule has 0 spiro atoms. The lowest BCUT2D eigenvalue weighted by atomic mass is 9.91. The minimum Gasteiger partial charge on any atom is -0.464 e. The smallest absolute Gasteiger partial charge is 0.328 e. The summed E-state index contributed by atoms with van der Waals surface area (Å²) in [6.07, 6.45) is 7.85. The van der Waals surface area contributed by atoms with E-state index in [1.54, 1.807) is 6.92 Å². The number of amides is 1. The van der Waals surface area contributed by atoms with Crippen molar-refractivity contribution in [3.63, 3.8) is 0 Å². The molecule has 23 heavy (non-hydrogen) atoms. The fourth-order valence-electron chi connectivity index (χ4n) is 3.13. The number of nitrogens with one attached hydrogen (secondary N) is 1. The molecule has 1 aromatic rings. The van der Waals surface area contributed by atoms with Crippen molar-refractivity contribution in [2.45, 2.75) is 65.0 Å². The van der Waals surface area contributed by atoms with Crippen LogP contribution in [0, 0.1) is 5.92 Å². The van der Waals surface area contributed by atoms with Gasteiger partial charge in [-0.1, -0.05) is 30.9 Å². The third kappa shape index (κ3) is 4.53. The predicted molar refractivity (Wildman–Crippen MR) is 84.8 cm³/mol. The van der Waals surface area contributed by atoms with E-state index in [1.807, 2.05) is 6.92 Å². The van der Waals surface area contributed by atoms with Gasteiger partial charge < -0.3 is 10.1 Å². The Morgan fingerprint density at radius 2 is 2.00 bits per heavy atom. The van der Waals surface area contributed by atoms with Crippen molar-refractivity contribution in [3.8, 4) is 0 Å². The maximum Gasteiger partial charge on any atom is 0.328 e. The van der Waals surface area contributed by atoms with Crippen LogP contribution >= 0.6 is 0 Å². The van der Waals surface area contributed by atoms with E-state index >= 15 is 0 Å². The molecule has 1 aliphatic carbocycles. The predicted octanol–water partition coefficient (Wildman–Crippen LogP) is 1.93. The lowest BCUT2D eigenvalue weighted by Crippen LogP contribution is -2.47. The van der Waals surface area contributed by atoms with Crippen LogP contribution in [-0.2, 0) is 16.1 Å². The summed E-state index contributed by atoms with van der Waals surface area (Å²) in [5, 5.41) is 10.5. The molecule has 0 bridgehead atoms. The van der Waals surface area contributed by atoms with Gasteiger partial charge in [0.15, 0.2) is 0 Å². The number of carbonyl (C=O) groups is 2. The highest BCUT2D eigenvalue weighted by Gasteiger charge is 2.32. The number of aromatic nitrogens is 3. The lowest BCUT2D eigenvalue weighted by Gasteiger charge is -2.25. The number of ether oxygens (including phenoxy) is 1. The fourth-order valence-corrected chi connectivity index (χ4v) is 3.13. The Morgan fingerprint density at radius 1 is 1.30 bits per heavy atom. The molecule has 1 heterocycles. The molecular formula is C16H26N4O3. The quantitative estimate of drug-likeness (QED) is 0.639. The van der Waals surface area contributed by atoms with Crippen LogP contribution in [-0.4, -0.2) is 39.5 Å². The van der Waals surface area contributed by atoms with E-state index in [4.69, 9.17) is 4.74 Å². The van der Waals surface area contributed by atoms with E-state index in [9.17, 15) is 9.59 Å². The highest BCUT2D eigenvalue weighted by atomic mass is 16.5. The number of esters is 1. The van der Waals surface area contributed by atoms with Crippen molar-refractivity contribution in [2.75, 3.05) is 6.61 Å². The zero-order chi connectivity index (χ0) is 16.7. The number of rotatable bonds is 6. The summed E-state index contributed by atoms with van der Waals surface area (Å²) in [7, 11) is 0. The topological polar surface area (TPSA) is 86.1 Å². The fraction of sp³-hybridized carbons (Fsp3) is 0.750. The van der Waals surface area contributed by atoms with E-state index < -0.39 is 6.04 Å². The molecule has 7 heteroatoms. The van der Waals surface area contributed by atoms with Crippen LogP contribution in [0.2, 0.25) is 0 Å². The number of aryl methyl sites for hydroxylation is 1. The molecule has 7 nitrogen and oxygen atoms in total. The maximum absolute atomic E-state index is 12.5. The van der Waals surface area contributed by atoms with E-state index in [0.29, 0.717) is 18.8 Å². The van der Waals surface area contributed by atoms with Gasteiger partial charge in [0, 0.05) is 6.54 Å². The summed E-state index contributed by atoms with van der Waals surface area (Å²) < 4.78 is 6.70. The second-order valence-corrected chi connectivity index (χ2v) is 5.89. The zero-order valence-corrected chi connectivity index (χ0v) is 14.0. The largest absolute Gasteiger partial charge is 0.464 e. The van der Waals surface area contributed by atoms with Gasteiger partial charge >= 0.3 is 5.97 Å². The molecule has 0 aliphatic heterocycles. The van der Waals surface area contributed by atoms with Crippen LogP contribution in [0.25, 0.3) is 0 Å². The van der Waals surface area contributed by atoms with E-state index in [1.165, 1.54) is 23.7 Å². The van der Waals surface area contributed by atoms with Crippen molar-refractivity contribution < 1.29 is 14.3 Å². The van der Waals surface area contributed by atoms with Crippen LogP contribution in [0.1, 0.15) is 62.9 Å². The van der Waals surface area contributed by atoms with Gasteiger partial charge in [0.1, 0.15) is 11.7 Å². The molecule has 1 unspecified atom stereocenters. The Morgan fingerprint density at radius 3 is 2.61 bits per heavy atom. The first-order valence-corrected chi connectivity index (χ1v) is 8.53. The van der Waals surface area contributed by atoms with Crippen molar-refractivity contribution in [1.82, 2.24) is 20.3 Å². The second-order valence-electron chi connectivity index (χ2n) is 5.89. The molecule has 128 valence electrons. The summed E-state index contributed by atoms with van der Waals surface area (Å²) in [6, 6.07) is -0.597. The second kappa shape index (κ2) is 8.64. The Labute approximate surface area is 136 Å². The molecular weight excluding hydrogens is 296 g/mol. The first kappa shape index (κ1) is 17.4. The van der Waals surface area contributed by atoms with Crippen LogP contribution in [0.4, 0.5) is 0 Å². The summed E-state index contributed by atoms with van der Waals surface area (Å²) in [6.45, 7) is 4.53. The Bertz CT molecular complexity index is 521.